The van der Waals surface area contributed by atoms with E-state index in [2.05, 4.69) is 20.6 Å². The molecule has 0 bridgehead atoms. The van der Waals surface area contributed by atoms with Crippen molar-refractivity contribution in [3.63, 3.8) is 0 Å². The lowest BCUT2D eigenvalue weighted by atomic mass is 10.0. The summed E-state index contributed by atoms with van der Waals surface area (Å²) in [7, 11) is 1.38. The SMILES string of the molecule is COc1ncc(Cc2ccnc(NC(=O)c3cccc4c3CCN4)c2)cc1F. The van der Waals surface area contributed by atoms with Crippen LogP contribution in [-0.4, -0.2) is 29.5 Å². The topological polar surface area (TPSA) is 76.1 Å². The Kier molecular flexibility index (Phi) is 4.89. The smallest absolute Gasteiger partial charge is 0.257 e. The van der Waals surface area contributed by atoms with Crippen LogP contribution in [0.15, 0.2) is 48.8 Å². The Morgan fingerprint density at radius 3 is 2.96 bits per heavy atom. The first-order valence-corrected chi connectivity index (χ1v) is 8.94. The highest BCUT2D eigenvalue weighted by Crippen LogP contribution is 2.26. The minimum atomic E-state index is -0.505. The predicted molar refractivity (Wildman–Crippen MR) is 104 cm³/mol. The summed E-state index contributed by atoms with van der Waals surface area (Å²) in [5, 5.41) is 6.12. The molecule has 0 atom stereocenters. The van der Waals surface area contributed by atoms with E-state index in [-0.39, 0.29) is 11.8 Å². The van der Waals surface area contributed by atoms with Crippen LogP contribution in [0.4, 0.5) is 15.9 Å². The van der Waals surface area contributed by atoms with Gasteiger partial charge in [-0.15, -0.1) is 0 Å². The Morgan fingerprint density at radius 1 is 1.25 bits per heavy atom. The molecule has 142 valence electrons. The van der Waals surface area contributed by atoms with Crippen LogP contribution in [0.25, 0.3) is 0 Å². The van der Waals surface area contributed by atoms with Crippen LogP contribution in [-0.2, 0) is 12.8 Å². The molecule has 7 heteroatoms. The first-order chi connectivity index (χ1) is 13.6. The van der Waals surface area contributed by atoms with Crippen LogP contribution < -0.4 is 15.4 Å². The van der Waals surface area contributed by atoms with E-state index in [9.17, 15) is 9.18 Å². The maximum Gasteiger partial charge on any atom is 0.257 e. The first kappa shape index (κ1) is 17.9. The third-order valence-electron chi connectivity index (χ3n) is 4.64. The number of benzene rings is 1. The average molecular weight is 378 g/mol. The fourth-order valence-corrected chi connectivity index (χ4v) is 3.34. The van der Waals surface area contributed by atoms with E-state index in [1.54, 1.807) is 18.5 Å². The molecule has 3 heterocycles. The Hall–Kier alpha value is -3.48. The van der Waals surface area contributed by atoms with E-state index in [4.69, 9.17) is 4.74 Å². The van der Waals surface area contributed by atoms with Gasteiger partial charge in [-0.1, -0.05) is 6.07 Å². The largest absolute Gasteiger partial charge is 0.479 e. The Morgan fingerprint density at radius 2 is 2.14 bits per heavy atom. The van der Waals surface area contributed by atoms with Gasteiger partial charge in [0.25, 0.3) is 5.91 Å². The lowest BCUT2D eigenvalue weighted by Gasteiger charge is -2.10. The summed E-state index contributed by atoms with van der Waals surface area (Å²) in [4.78, 5) is 20.9. The van der Waals surface area contributed by atoms with Gasteiger partial charge in [-0.3, -0.25) is 4.79 Å². The van der Waals surface area contributed by atoms with Crippen LogP contribution in [0.5, 0.6) is 5.88 Å². The number of amides is 1. The molecule has 0 unspecified atom stereocenters. The van der Waals surface area contributed by atoms with E-state index in [0.29, 0.717) is 23.4 Å². The van der Waals surface area contributed by atoms with Gasteiger partial charge in [0.15, 0.2) is 5.82 Å². The normalized spacial score (nSPS) is 12.2. The number of nitrogens with zero attached hydrogens (tertiary/aromatic N) is 2. The lowest BCUT2D eigenvalue weighted by molar-refractivity contribution is 0.102. The number of halogens is 1. The maximum atomic E-state index is 13.8. The van der Waals surface area contributed by atoms with Gasteiger partial charge in [-0.2, -0.15) is 0 Å². The molecule has 0 saturated heterocycles. The summed E-state index contributed by atoms with van der Waals surface area (Å²) < 4.78 is 18.7. The van der Waals surface area contributed by atoms with Crippen molar-refractivity contribution in [2.24, 2.45) is 0 Å². The monoisotopic (exact) mass is 378 g/mol. The predicted octanol–water partition coefficient (Wildman–Crippen LogP) is 3.44. The molecule has 0 spiro atoms. The Labute approximate surface area is 161 Å². The highest BCUT2D eigenvalue weighted by atomic mass is 19.1. The van der Waals surface area contributed by atoms with Gasteiger partial charge in [-0.05, 0) is 59.9 Å². The standard InChI is InChI=1S/C21H19FN4O2/c1-28-21-17(22)10-14(12-25-21)9-13-5-7-24-19(11-13)26-20(27)16-3-2-4-18-15(16)6-8-23-18/h2-5,7,10-12,23H,6,8-9H2,1H3,(H,24,26,27). The molecular formula is C21H19FN4O2. The molecule has 28 heavy (non-hydrogen) atoms. The van der Waals surface area contributed by atoms with Crippen molar-refractivity contribution in [3.8, 4) is 5.88 Å². The summed E-state index contributed by atoms with van der Waals surface area (Å²) in [6.45, 7) is 0.833. The molecule has 0 radical (unpaired) electrons. The van der Waals surface area contributed by atoms with Crippen molar-refractivity contribution < 1.29 is 13.9 Å². The minimum absolute atomic E-state index is 0.0312. The molecule has 1 amide bonds. The molecular weight excluding hydrogens is 359 g/mol. The molecule has 0 fully saturated rings. The van der Waals surface area contributed by atoms with Crippen molar-refractivity contribution in [3.05, 3.63) is 76.9 Å². The van der Waals surface area contributed by atoms with Crippen molar-refractivity contribution in [1.29, 1.82) is 0 Å². The second kappa shape index (κ2) is 7.64. The Balaban J connectivity index is 1.51. The van der Waals surface area contributed by atoms with E-state index < -0.39 is 5.82 Å². The van der Waals surface area contributed by atoms with E-state index in [1.165, 1.54) is 13.2 Å². The van der Waals surface area contributed by atoms with Gasteiger partial charge in [0.2, 0.25) is 5.88 Å². The summed E-state index contributed by atoms with van der Waals surface area (Å²) >= 11 is 0. The molecule has 6 nitrogen and oxygen atoms in total. The molecule has 3 aromatic rings. The summed E-state index contributed by atoms with van der Waals surface area (Å²) in [6, 6.07) is 10.6. The number of carbonyl (C=O) groups is 1. The number of pyridine rings is 2. The summed E-state index contributed by atoms with van der Waals surface area (Å²) in [6.07, 6.45) is 4.47. The molecule has 0 aliphatic carbocycles. The molecule has 0 saturated carbocycles. The molecule has 1 aromatic carbocycles. The van der Waals surface area contributed by atoms with Gasteiger partial charge < -0.3 is 15.4 Å². The number of carbonyl (C=O) groups excluding carboxylic acids is 1. The van der Waals surface area contributed by atoms with Crippen LogP contribution in [0, 0.1) is 5.82 Å². The minimum Gasteiger partial charge on any atom is -0.479 e. The number of methoxy groups -OCH3 is 1. The number of rotatable bonds is 5. The van der Waals surface area contributed by atoms with Gasteiger partial charge in [0.1, 0.15) is 5.82 Å². The Bertz CT molecular complexity index is 1040. The van der Waals surface area contributed by atoms with Crippen LogP contribution >= 0.6 is 0 Å². The third kappa shape index (κ3) is 3.64. The lowest BCUT2D eigenvalue weighted by Crippen LogP contribution is -2.15. The van der Waals surface area contributed by atoms with Gasteiger partial charge in [0, 0.05) is 30.2 Å². The number of hydrogen-bond acceptors (Lipinski definition) is 5. The van der Waals surface area contributed by atoms with Crippen LogP contribution in [0.2, 0.25) is 0 Å². The van der Waals surface area contributed by atoms with Crippen LogP contribution in [0.3, 0.4) is 0 Å². The maximum absolute atomic E-state index is 13.8. The van der Waals surface area contributed by atoms with Crippen molar-refractivity contribution in [2.45, 2.75) is 12.8 Å². The summed E-state index contributed by atoms with van der Waals surface area (Å²) in [5.41, 5.74) is 4.26. The zero-order chi connectivity index (χ0) is 19.5. The van der Waals surface area contributed by atoms with Crippen molar-refractivity contribution in [1.82, 2.24) is 9.97 Å². The third-order valence-corrected chi connectivity index (χ3v) is 4.64. The summed E-state index contributed by atoms with van der Waals surface area (Å²) in [5.74, 6) is -0.277. The number of aromatic nitrogens is 2. The highest BCUT2D eigenvalue weighted by Gasteiger charge is 2.18. The number of anilines is 2. The molecule has 2 aromatic heterocycles. The van der Waals surface area contributed by atoms with E-state index in [0.717, 1.165) is 29.8 Å². The highest BCUT2D eigenvalue weighted by molar-refractivity contribution is 6.06. The number of ether oxygens (including phenoxy) is 1. The zero-order valence-electron chi connectivity index (χ0n) is 15.3. The van der Waals surface area contributed by atoms with Gasteiger partial charge in [-0.25, -0.2) is 14.4 Å². The number of nitrogens with one attached hydrogen (secondary N) is 2. The molecule has 4 rings (SSSR count). The zero-order valence-corrected chi connectivity index (χ0v) is 15.3. The second-order valence-electron chi connectivity index (χ2n) is 6.52. The second-order valence-corrected chi connectivity index (χ2v) is 6.52. The van der Waals surface area contributed by atoms with Crippen molar-refractivity contribution in [2.75, 3.05) is 24.3 Å². The molecule has 1 aliphatic rings. The average Bonchev–Trinajstić information content (AvgIpc) is 3.17. The van der Waals surface area contributed by atoms with Gasteiger partial charge in [0.05, 0.1) is 7.11 Å². The quantitative estimate of drug-likeness (QED) is 0.711. The molecule has 1 aliphatic heterocycles. The number of hydrogen-bond donors (Lipinski definition) is 2. The first-order valence-electron chi connectivity index (χ1n) is 8.94. The van der Waals surface area contributed by atoms with Gasteiger partial charge >= 0.3 is 0 Å². The van der Waals surface area contributed by atoms with E-state index in [1.807, 2.05) is 24.3 Å². The van der Waals surface area contributed by atoms with Crippen LogP contribution in [0.1, 0.15) is 27.0 Å². The fourth-order valence-electron chi connectivity index (χ4n) is 3.34. The van der Waals surface area contributed by atoms with Crippen molar-refractivity contribution >= 4 is 17.4 Å². The number of fused-ring (bicyclic) bond motifs is 1. The van der Waals surface area contributed by atoms with E-state index >= 15 is 0 Å². The fraction of sp³-hybridized carbons (Fsp3) is 0.190. The molecule has 2 N–H and O–H groups in total.